The zero-order valence-corrected chi connectivity index (χ0v) is 18.0. The van der Waals surface area contributed by atoms with Crippen LogP contribution in [0.15, 0.2) is 41.5 Å². The van der Waals surface area contributed by atoms with Gasteiger partial charge in [0.1, 0.15) is 0 Å². The molecule has 0 bridgehead atoms. The van der Waals surface area contributed by atoms with E-state index in [1.807, 2.05) is 13.0 Å². The Hall–Kier alpha value is -1.61. The molecule has 3 heteroatoms. The van der Waals surface area contributed by atoms with Crippen molar-refractivity contribution in [3.63, 3.8) is 0 Å². The lowest BCUT2D eigenvalue weighted by molar-refractivity contribution is -0.729. The Bertz CT molecular complexity index is 640. The molecule has 2 aliphatic rings. The highest BCUT2D eigenvalue weighted by molar-refractivity contribution is 5.96. The zero-order valence-electron chi connectivity index (χ0n) is 18.0. The summed E-state index contributed by atoms with van der Waals surface area (Å²) in [6, 6.07) is 11.1. The summed E-state index contributed by atoms with van der Waals surface area (Å²) in [5, 5.41) is 2.53. The van der Waals surface area contributed by atoms with Gasteiger partial charge in [0.25, 0.3) is 5.91 Å². The molecule has 2 N–H and O–H groups in total. The van der Waals surface area contributed by atoms with Crippen LogP contribution in [0.3, 0.4) is 0 Å². The topological polar surface area (TPSA) is 36.9 Å². The van der Waals surface area contributed by atoms with Crippen LogP contribution in [0.1, 0.15) is 90.0 Å². The predicted octanol–water partition coefficient (Wildman–Crippen LogP) is 4.93. The van der Waals surface area contributed by atoms with E-state index in [1.54, 1.807) is 0 Å². The number of rotatable bonds is 4. The van der Waals surface area contributed by atoms with Crippen molar-refractivity contribution in [3.05, 3.63) is 47.0 Å². The van der Waals surface area contributed by atoms with Crippen LogP contribution in [0.4, 0.5) is 0 Å². The first-order chi connectivity index (χ1) is 13.7. The van der Waals surface area contributed by atoms with Crippen molar-refractivity contribution in [2.45, 2.75) is 103 Å². The summed E-state index contributed by atoms with van der Waals surface area (Å²) in [5.41, 5.74) is 3.42. The summed E-state index contributed by atoms with van der Waals surface area (Å²) in [6.07, 6.45) is 15.2. The maximum Gasteiger partial charge on any atom is 0.254 e. The largest absolute Gasteiger partial charge is 0.320 e. The number of nitrogens with zero attached hydrogens (tertiary/aromatic N) is 1. The zero-order chi connectivity index (χ0) is 19.8. The van der Waals surface area contributed by atoms with E-state index in [4.69, 9.17) is 0 Å². The maximum atomic E-state index is 12.9. The summed E-state index contributed by atoms with van der Waals surface area (Å²) < 4.78 is 0. The van der Waals surface area contributed by atoms with Crippen molar-refractivity contribution in [2.24, 2.45) is 0 Å². The van der Waals surface area contributed by atoms with E-state index >= 15 is 0 Å². The molecule has 1 saturated carbocycles. The Labute approximate surface area is 171 Å². The van der Waals surface area contributed by atoms with Crippen molar-refractivity contribution in [1.29, 1.82) is 0 Å². The lowest BCUT2D eigenvalue weighted by atomic mass is 9.97. The van der Waals surface area contributed by atoms with E-state index in [0.717, 1.165) is 5.57 Å². The van der Waals surface area contributed by atoms with E-state index in [9.17, 15) is 4.79 Å². The molecule has 0 saturated heterocycles. The first kappa shape index (κ1) is 21.1. The van der Waals surface area contributed by atoms with Gasteiger partial charge in [-0.3, -0.25) is 9.69 Å². The van der Waals surface area contributed by atoms with Crippen molar-refractivity contribution in [2.75, 3.05) is 0 Å². The number of quaternary nitrogens is 1. The number of carbonyl (C=O) groups excluding carboxylic acids is 1. The SMILES string of the molecule is CC1=C(C)[C@@H]([NH2+]C2CCCCCCCCCCC2)N(Cc2ccccc2)C1=O. The van der Waals surface area contributed by atoms with Crippen LogP contribution in [-0.2, 0) is 11.3 Å². The number of amides is 1. The molecule has 1 aliphatic carbocycles. The molecule has 154 valence electrons. The molecule has 0 aromatic heterocycles. The quantitative estimate of drug-likeness (QED) is 0.786. The standard InChI is InChI=1S/C25H38N2O/c1-20-21(2)25(28)27(19-22-15-11-10-12-16-22)24(20)26-23-17-13-8-6-4-3-5-7-9-14-18-23/h10-12,15-16,23-24,26H,3-9,13-14,17-19H2,1-2H3/p+1/t24-/m0/s1. The Balaban J connectivity index is 1.67. The molecule has 1 aromatic carbocycles. The second kappa shape index (κ2) is 10.8. The van der Waals surface area contributed by atoms with Crippen LogP contribution in [0.2, 0.25) is 0 Å². The van der Waals surface area contributed by atoms with E-state index in [0.29, 0.717) is 12.6 Å². The summed E-state index contributed by atoms with van der Waals surface area (Å²) in [7, 11) is 0. The first-order valence-electron chi connectivity index (χ1n) is 11.5. The number of hydrogen-bond donors (Lipinski definition) is 1. The van der Waals surface area contributed by atoms with E-state index in [1.165, 1.54) is 81.8 Å². The third-order valence-electron chi connectivity index (χ3n) is 6.75. The molecule has 1 fully saturated rings. The number of nitrogens with two attached hydrogens (primary N) is 1. The maximum absolute atomic E-state index is 12.9. The minimum absolute atomic E-state index is 0.172. The lowest BCUT2D eigenvalue weighted by Gasteiger charge is -2.28. The third-order valence-corrected chi connectivity index (χ3v) is 6.75. The van der Waals surface area contributed by atoms with Gasteiger partial charge < -0.3 is 5.32 Å². The predicted molar refractivity (Wildman–Crippen MR) is 116 cm³/mol. The molecular formula is C25H39N2O+. The van der Waals surface area contributed by atoms with Crippen LogP contribution >= 0.6 is 0 Å². The fraction of sp³-hybridized carbons (Fsp3) is 0.640. The van der Waals surface area contributed by atoms with Crippen molar-refractivity contribution in [1.82, 2.24) is 4.90 Å². The summed E-state index contributed by atoms with van der Waals surface area (Å²) in [5.74, 6) is 0.218. The highest BCUT2D eigenvalue weighted by Gasteiger charge is 2.38. The fourth-order valence-electron chi connectivity index (χ4n) is 4.81. The molecule has 1 heterocycles. The van der Waals surface area contributed by atoms with Gasteiger partial charge in [0, 0.05) is 11.1 Å². The summed E-state index contributed by atoms with van der Waals surface area (Å²) in [4.78, 5) is 15.0. The average molecular weight is 384 g/mol. The number of carbonyl (C=O) groups is 1. The highest BCUT2D eigenvalue weighted by Crippen LogP contribution is 2.24. The van der Waals surface area contributed by atoms with Crippen molar-refractivity contribution < 1.29 is 10.1 Å². The second-order valence-electron chi connectivity index (χ2n) is 8.88. The third kappa shape index (κ3) is 5.70. The average Bonchev–Trinajstić information content (AvgIpc) is 2.89. The van der Waals surface area contributed by atoms with Gasteiger partial charge in [0.15, 0.2) is 6.17 Å². The summed E-state index contributed by atoms with van der Waals surface area (Å²) >= 11 is 0. The van der Waals surface area contributed by atoms with Gasteiger partial charge in [-0.25, -0.2) is 0 Å². The van der Waals surface area contributed by atoms with Gasteiger partial charge in [-0.05, 0) is 45.1 Å². The summed E-state index contributed by atoms with van der Waals surface area (Å²) in [6.45, 7) is 4.88. The van der Waals surface area contributed by atoms with Crippen LogP contribution in [-0.4, -0.2) is 23.0 Å². The first-order valence-corrected chi connectivity index (χ1v) is 11.5. The van der Waals surface area contributed by atoms with Crippen LogP contribution in [0.25, 0.3) is 0 Å². The van der Waals surface area contributed by atoms with Gasteiger partial charge >= 0.3 is 0 Å². The molecule has 0 unspecified atom stereocenters. The van der Waals surface area contributed by atoms with Gasteiger partial charge in [-0.2, -0.15) is 0 Å². The molecular weight excluding hydrogens is 344 g/mol. The molecule has 0 spiro atoms. The van der Waals surface area contributed by atoms with Gasteiger partial charge in [-0.15, -0.1) is 0 Å². The van der Waals surface area contributed by atoms with Gasteiger partial charge in [0.05, 0.1) is 12.6 Å². The van der Waals surface area contributed by atoms with Crippen LogP contribution in [0, 0.1) is 0 Å². The van der Waals surface area contributed by atoms with E-state index in [2.05, 4.69) is 41.4 Å². The fourth-order valence-corrected chi connectivity index (χ4v) is 4.81. The molecule has 3 nitrogen and oxygen atoms in total. The Kier molecular flexibility index (Phi) is 8.14. The molecule has 1 amide bonds. The normalized spacial score (nSPS) is 23.6. The monoisotopic (exact) mass is 383 g/mol. The second-order valence-corrected chi connectivity index (χ2v) is 8.88. The molecule has 3 rings (SSSR count). The molecule has 0 radical (unpaired) electrons. The molecule has 1 atom stereocenters. The smallest absolute Gasteiger partial charge is 0.254 e. The van der Waals surface area contributed by atoms with Crippen LogP contribution < -0.4 is 5.32 Å². The molecule has 1 aromatic rings. The van der Waals surface area contributed by atoms with E-state index < -0.39 is 0 Å². The van der Waals surface area contributed by atoms with Gasteiger partial charge in [-0.1, -0.05) is 75.3 Å². The van der Waals surface area contributed by atoms with Crippen molar-refractivity contribution in [3.8, 4) is 0 Å². The van der Waals surface area contributed by atoms with Crippen LogP contribution in [0.5, 0.6) is 0 Å². The minimum atomic E-state index is 0.172. The number of hydrogen-bond acceptors (Lipinski definition) is 1. The molecule has 1 aliphatic heterocycles. The Morgan fingerprint density at radius 3 is 1.96 bits per heavy atom. The minimum Gasteiger partial charge on any atom is -0.320 e. The number of benzene rings is 1. The Morgan fingerprint density at radius 2 is 1.39 bits per heavy atom. The molecule has 28 heavy (non-hydrogen) atoms. The Morgan fingerprint density at radius 1 is 0.857 bits per heavy atom. The highest BCUT2D eigenvalue weighted by atomic mass is 16.2. The van der Waals surface area contributed by atoms with Crippen molar-refractivity contribution >= 4 is 5.91 Å². The lowest BCUT2D eigenvalue weighted by Crippen LogP contribution is -2.97. The van der Waals surface area contributed by atoms with E-state index in [-0.39, 0.29) is 12.1 Å². The van der Waals surface area contributed by atoms with Gasteiger partial charge in [0.2, 0.25) is 0 Å².